The maximum atomic E-state index is 11.9. The number of amidine groups is 1. The lowest BCUT2D eigenvalue weighted by Gasteiger charge is -2.14. The van der Waals surface area contributed by atoms with E-state index in [9.17, 15) is 9.59 Å². The average Bonchev–Trinajstić information content (AvgIpc) is 2.77. The first-order valence-electron chi connectivity index (χ1n) is 5.44. The number of hydrogen-bond acceptors (Lipinski definition) is 3. The smallest absolute Gasteiger partial charge is 0.323 e. The molecule has 1 fully saturated rings. The molecule has 1 aliphatic rings. The Labute approximate surface area is 109 Å². The highest BCUT2D eigenvalue weighted by molar-refractivity contribution is 8.14. The van der Waals surface area contributed by atoms with E-state index in [-0.39, 0.29) is 12.5 Å². The third-order valence-corrected chi connectivity index (χ3v) is 3.40. The van der Waals surface area contributed by atoms with Crippen LogP contribution >= 0.6 is 11.8 Å². The number of amides is 1. The first-order valence-corrected chi connectivity index (χ1v) is 6.43. The molecule has 1 aromatic rings. The van der Waals surface area contributed by atoms with Crippen molar-refractivity contribution in [3.05, 3.63) is 35.9 Å². The van der Waals surface area contributed by atoms with Crippen molar-refractivity contribution in [2.24, 2.45) is 4.99 Å². The summed E-state index contributed by atoms with van der Waals surface area (Å²) in [6, 6.07) is 8.74. The first kappa shape index (κ1) is 12.6. The van der Waals surface area contributed by atoms with Gasteiger partial charge < -0.3 is 10.0 Å². The molecule has 1 heterocycles. The predicted octanol–water partition coefficient (Wildman–Crippen LogP) is 1.32. The summed E-state index contributed by atoms with van der Waals surface area (Å²) in [4.78, 5) is 28.1. The molecule has 1 saturated heterocycles. The van der Waals surface area contributed by atoms with Gasteiger partial charge in [0.25, 0.3) is 5.91 Å². The molecule has 0 atom stereocenters. The van der Waals surface area contributed by atoms with Crippen LogP contribution in [0.15, 0.2) is 35.3 Å². The van der Waals surface area contributed by atoms with Crippen LogP contribution in [0.2, 0.25) is 0 Å². The molecule has 18 heavy (non-hydrogen) atoms. The van der Waals surface area contributed by atoms with Gasteiger partial charge in [0.15, 0.2) is 5.17 Å². The number of rotatable bonds is 3. The van der Waals surface area contributed by atoms with E-state index in [1.165, 1.54) is 11.8 Å². The maximum absolute atomic E-state index is 11.9. The van der Waals surface area contributed by atoms with Crippen LogP contribution in [0.4, 0.5) is 0 Å². The van der Waals surface area contributed by atoms with E-state index < -0.39 is 5.97 Å². The Morgan fingerprint density at radius 3 is 2.72 bits per heavy atom. The summed E-state index contributed by atoms with van der Waals surface area (Å²) in [5, 5.41) is 9.24. The van der Waals surface area contributed by atoms with Crippen molar-refractivity contribution in [2.45, 2.75) is 0 Å². The lowest BCUT2D eigenvalue weighted by molar-refractivity contribution is -0.137. The molecule has 0 aromatic heterocycles. The van der Waals surface area contributed by atoms with E-state index >= 15 is 0 Å². The molecule has 0 radical (unpaired) electrons. The SMILES string of the molecule is O=C(O)CN1CCSC1=NC(=O)c1ccccc1. The van der Waals surface area contributed by atoms with Crippen molar-refractivity contribution < 1.29 is 14.7 Å². The van der Waals surface area contributed by atoms with Crippen LogP contribution < -0.4 is 0 Å². The molecular weight excluding hydrogens is 252 g/mol. The molecule has 0 unspecified atom stereocenters. The van der Waals surface area contributed by atoms with Crippen LogP contribution in [0.1, 0.15) is 10.4 Å². The number of carbonyl (C=O) groups excluding carboxylic acids is 1. The van der Waals surface area contributed by atoms with E-state index in [1.54, 1.807) is 29.2 Å². The highest BCUT2D eigenvalue weighted by Crippen LogP contribution is 2.18. The summed E-state index contributed by atoms with van der Waals surface area (Å²) in [6.07, 6.45) is 0. The second-order valence-corrected chi connectivity index (χ2v) is 4.79. The number of aliphatic imine (C=N–C) groups is 1. The lowest BCUT2D eigenvalue weighted by atomic mass is 10.2. The van der Waals surface area contributed by atoms with Gasteiger partial charge in [-0.1, -0.05) is 30.0 Å². The Morgan fingerprint density at radius 1 is 1.33 bits per heavy atom. The Hall–Kier alpha value is -1.82. The highest BCUT2D eigenvalue weighted by atomic mass is 32.2. The second kappa shape index (κ2) is 5.68. The maximum Gasteiger partial charge on any atom is 0.323 e. The molecule has 2 rings (SSSR count). The van der Waals surface area contributed by atoms with Crippen molar-refractivity contribution >= 4 is 28.8 Å². The molecule has 94 valence electrons. The summed E-state index contributed by atoms with van der Waals surface area (Å²) >= 11 is 1.41. The molecule has 1 N–H and O–H groups in total. The number of carboxylic acids is 1. The Balaban J connectivity index is 2.12. The summed E-state index contributed by atoms with van der Waals surface area (Å²) in [6.45, 7) is 0.492. The van der Waals surface area contributed by atoms with Gasteiger partial charge in [0.1, 0.15) is 6.54 Å². The van der Waals surface area contributed by atoms with Gasteiger partial charge in [0, 0.05) is 17.9 Å². The topological polar surface area (TPSA) is 70.0 Å². The zero-order valence-electron chi connectivity index (χ0n) is 9.57. The van der Waals surface area contributed by atoms with Gasteiger partial charge >= 0.3 is 5.97 Å². The molecule has 5 nitrogen and oxygen atoms in total. The number of nitrogens with zero attached hydrogens (tertiary/aromatic N) is 2. The van der Waals surface area contributed by atoms with Crippen LogP contribution in [0.3, 0.4) is 0 Å². The van der Waals surface area contributed by atoms with Crippen LogP contribution in [0, 0.1) is 0 Å². The first-order chi connectivity index (χ1) is 8.66. The molecule has 0 aliphatic carbocycles. The minimum Gasteiger partial charge on any atom is -0.480 e. The number of carboxylic acid groups (broad SMARTS) is 1. The Bertz CT molecular complexity index is 487. The number of aliphatic carboxylic acids is 1. The fourth-order valence-electron chi connectivity index (χ4n) is 1.58. The zero-order chi connectivity index (χ0) is 13.0. The van der Waals surface area contributed by atoms with Gasteiger partial charge in [-0.25, -0.2) is 0 Å². The summed E-state index contributed by atoms with van der Waals surface area (Å²) in [7, 11) is 0. The molecular formula is C12H12N2O3S. The Kier molecular flexibility index (Phi) is 3.99. The lowest BCUT2D eigenvalue weighted by Crippen LogP contribution is -2.30. The number of thioether (sulfide) groups is 1. The van der Waals surface area contributed by atoms with Crippen LogP contribution in [-0.4, -0.2) is 45.9 Å². The van der Waals surface area contributed by atoms with Crippen LogP contribution in [0.5, 0.6) is 0 Å². The van der Waals surface area contributed by atoms with Gasteiger partial charge in [-0.05, 0) is 12.1 Å². The molecule has 0 spiro atoms. The quantitative estimate of drug-likeness (QED) is 0.891. The van der Waals surface area contributed by atoms with E-state index in [2.05, 4.69) is 4.99 Å². The van der Waals surface area contributed by atoms with Crippen molar-refractivity contribution in [1.82, 2.24) is 4.90 Å². The van der Waals surface area contributed by atoms with E-state index in [1.807, 2.05) is 6.07 Å². The minimum absolute atomic E-state index is 0.117. The number of benzene rings is 1. The van der Waals surface area contributed by atoms with Crippen molar-refractivity contribution in [1.29, 1.82) is 0 Å². The summed E-state index contributed by atoms with van der Waals surface area (Å²) < 4.78 is 0. The third-order valence-electron chi connectivity index (χ3n) is 2.41. The molecule has 1 aliphatic heterocycles. The van der Waals surface area contributed by atoms with E-state index in [0.29, 0.717) is 17.3 Å². The number of hydrogen-bond donors (Lipinski definition) is 1. The minimum atomic E-state index is -0.919. The van der Waals surface area contributed by atoms with E-state index in [4.69, 9.17) is 5.11 Å². The molecule has 1 aromatic carbocycles. The highest BCUT2D eigenvalue weighted by Gasteiger charge is 2.22. The molecule has 6 heteroatoms. The Morgan fingerprint density at radius 2 is 2.06 bits per heavy atom. The molecule has 0 bridgehead atoms. The van der Waals surface area contributed by atoms with Gasteiger partial charge in [-0.15, -0.1) is 0 Å². The van der Waals surface area contributed by atoms with E-state index in [0.717, 1.165) is 5.75 Å². The second-order valence-electron chi connectivity index (χ2n) is 3.73. The number of carbonyl (C=O) groups is 2. The molecule has 0 saturated carbocycles. The van der Waals surface area contributed by atoms with Crippen molar-refractivity contribution in [2.75, 3.05) is 18.8 Å². The van der Waals surface area contributed by atoms with Crippen molar-refractivity contribution in [3.63, 3.8) is 0 Å². The third kappa shape index (κ3) is 3.10. The van der Waals surface area contributed by atoms with Gasteiger partial charge in [0.2, 0.25) is 0 Å². The standard InChI is InChI=1S/C12H12N2O3S/c15-10(16)8-14-6-7-18-12(14)13-11(17)9-4-2-1-3-5-9/h1-5H,6-8H2,(H,15,16). The fourth-order valence-corrected chi connectivity index (χ4v) is 2.56. The largest absolute Gasteiger partial charge is 0.480 e. The average molecular weight is 264 g/mol. The summed E-state index contributed by atoms with van der Waals surface area (Å²) in [5.74, 6) is -0.499. The fraction of sp³-hybridized carbons (Fsp3) is 0.250. The monoisotopic (exact) mass is 264 g/mol. The van der Waals surface area contributed by atoms with Gasteiger partial charge in [0.05, 0.1) is 0 Å². The normalized spacial score (nSPS) is 17.1. The molecule has 1 amide bonds. The summed E-state index contributed by atoms with van der Waals surface area (Å²) in [5.41, 5.74) is 0.507. The van der Waals surface area contributed by atoms with Gasteiger partial charge in [-0.3, -0.25) is 9.59 Å². The van der Waals surface area contributed by atoms with Gasteiger partial charge in [-0.2, -0.15) is 4.99 Å². The van der Waals surface area contributed by atoms with Crippen LogP contribution in [0.25, 0.3) is 0 Å². The predicted molar refractivity (Wildman–Crippen MR) is 69.9 cm³/mol. The van der Waals surface area contributed by atoms with Crippen molar-refractivity contribution in [3.8, 4) is 0 Å². The van der Waals surface area contributed by atoms with Crippen LogP contribution in [-0.2, 0) is 4.79 Å². The zero-order valence-corrected chi connectivity index (χ0v) is 10.4.